The summed E-state index contributed by atoms with van der Waals surface area (Å²) in [5, 5.41) is 0. The van der Waals surface area contributed by atoms with Crippen LogP contribution in [-0.4, -0.2) is 20.3 Å². The number of ether oxygens (including phenoxy) is 3. The Morgan fingerprint density at radius 1 is 0.577 bits per heavy atom. The van der Waals surface area contributed by atoms with Crippen molar-refractivity contribution in [2.24, 2.45) is 0 Å². The first-order valence-corrected chi connectivity index (χ1v) is 8.89. The van der Waals surface area contributed by atoms with Gasteiger partial charge in [-0.15, -0.1) is 0 Å². The summed E-state index contributed by atoms with van der Waals surface area (Å²) >= 11 is 0. The molecule has 26 heavy (non-hydrogen) atoms. The summed E-state index contributed by atoms with van der Waals surface area (Å²) in [7, 11) is 1.66. The maximum absolute atomic E-state index is 5.59. The fourth-order valence-corrected chi connectivity index (χ4v) is 2.89. The van der Waals surface area contributed by atoms with Crippen LogP contribution in [0.25, 0.3) is 22.3 Å². The molecule has 0 aliphatic heterocycles. The molecule has 0 heterocycles. The first-order valence-electron chi connectivity index (χ1n) is 8.89. The topological polar surface area (TPSA) is 27.7 Å². The molecule has 0 aliphatic carbocycles. The van der Waals surface area contributed by atoms with Crippen molar-refractivity contribution in [3.8, 4) is 39.5 Å². The molecule has 134 valence electrons. The summed E-state index contributed by atoms with van der Waals surface area (Å²) in [6.07, 6.45) is 0. The zero-order valence-corrected chi connectivity index (χ0v) is 15.5. The molecule has 3 rings (SSSR count). The number of hydrogen-bond donors (Lipinski definition) is 0. The Bertz CT molecular complexity index is 836. The molecular formula is C23H24O3. The van der Waals surface area contributed by atoms with E-state index in [2.05, 4.69) is 42.5 Å². The molecule has 0 saturated carbocycles. The molecule has 3 aromatic carbocycles. The molecule has 0 atom stereocenters. The van der Waals surface area contributed by atoms with Crippen molar-refractivity contribution in [3.63, 3.8) is 0 Å². The van der Waals surface area contributed by atoms with E-state index in [4.69, 9.17) is 14.2 Å². The lowest BCUT2D eigenvalue weighted by atomic mass is 10.00. The lowest BCUT2D eigenvalue weighted by Gasteiger charge is -2.11. The molecule has 3 heteroatoms. The van der Waals surface area contributed by atoms with E-state index in [9.17, 15) is 0 Å². The summed E-state index contributed by atoms with van der Waals surface area (Å²) in [4.78, 5) is 0. The van der Waals surface area contributed by atoms with Gasteiger partial charge < -0.3 is 14.2 Å². The Labute approximate surface area is 155 Å². The quantitative estimate of drug-likeness (QED) is 0.538. The molecule has 0 spiro atoms. The van der Waals surface area contributed by atoms with Crippen LogP contribution in [0.3, 0.4) is 0 Å². The Hall–Kier alpha value is -2.94. The second-order valence-corrected chi connectivity index (χ2v) is 5.83. The molecule has 0 N–H and O–H groups in total. The second-order valence-electron chi connectivity index (χ2n) is 5.83. The summed E-state index contributed by atoms with van der Waals surface area (Å²) in [5.74, 6) is 2.42. The van der Waals surface area contributed by atoms with Gasteiger partial charge in [-0.25, -0.2) is 0 Å². The summed E-state index contributed by atoms with van der Waals surface area (Å²) in [6, 6.07) is 22.7. The molecule has 0 unspecified atom stereocenters. The third kappa shape index (κ3) is 3.99. The minimum Gasteiger partial charge on any atom is -0.494 e. The summed E-state index contributed by atoms with van der Waals surface area (Å²) in [6.45, 7) is 5.25. The van der Waals surface area contributed by atoms with Crippen LogP contribution in [0.1, 0.15) is 13.8 Å². The maximum atomic E-state index is 5.59. The van der Waals surface area contributed by atoms with E-state index in [0.717, 1.165) is 28.4 Å². The van der Waals surface area contributed by atoms with Crippen LogP contribution in [0.4, 0.5) is 0 Å². The monoisotopic (exact) mass is 348 g/mol. The fraction of sp³-hybridized carbons (Fsp3) is 0.217. The fourth-order valence-electron chi connectivity index (χ4n) is 2.89. The molecule has 0 fully saturated rings. The minimum absolute atomic E-state index is 0.618. The van der Waals surface area contributed by atoms with E-state index in [0.29, 0.717) is 13.2 Å². The van der Waals surface area contributed by atoms with Gasteiger partial charge in [0, 0.05) is 0 Å². The van der Waals surface area contributed by atoms with Crippen molar-refractivity contribution < 1.29 is 14.2 Å². The number of methoxy groups -OCH3 is 1. The van der Waals surface area contributed by atoms with Crippen LogP contribution in [0, 0.1) is 0 Å². The lowest BCUT2D eigenvalue weighted by molar-refractivity contribution is 0.311. The zero-order valence-electron chi connectivity index (χ0n) is 15.5. The molecule has 0 aliphatic rings. The third-order valence-corrected chi connectivity index (χ3v) is 4.18. The van der Waals surface area contributed by atoms with Crippen molar-refractivity contribution in [2.75, 3.05) is 20.3 Å². The largest absolute Gasteiger partial charge is 0.494 e. The highest BCUT2D eigenvalue weighted by molar-refractivity contribution is 5.72. The maximum Gasteiger partial charge on any atom is 0.161 e. The smallest absolute Gasteiger partial charge is 0.161 e. The van der Waals surface area contributed by atoms with Crippen molar-refractivity contribution in [1.29, 1.82) is 0 Å². The highest BCUT2D eigenvalue weighted by Gasteiger charge is 2.07. The number of benzene rings is 3. The Morgan fingerprint density at radius 3 is 1.62 bits per heavy atom. The van der Waals surface area contributed by atoms with Crippen LogP contribution in [-0.2, 0) is 0 Å². The Morgan fingerprint density at radius 2 is 1.08 bits per heavy atom. The molecule has 0 saturated heterocycles. The van der Waals surface area contributed by atoms with Crippen LogP contribution in [0.5, 0.6) is 17.2 Å². The third-order valence-electron chi connectivity index (χ3n) is 4.18. The first-order chi connectivity index (χ1) is 12.7. The standard InChI is InChI=1S/C23H24O3/c1-4-25-21-13-10-18(11-14-21)17-6-8-19(9-7-17)20-12-15-22(26-5-2)23(16-20)24-3/h6-16H,4-5H2,1-3H3. The molecule has 0 radical (unpaired) electrons. The highest BCUT2D eigenvalue weighted by Crippen LogP contribution is 2.33. The van der Waals surface area contributed by atoms with Crippen molar-refractivity contribution >= 4 is 0 Å². The Kier molecular flexibility index (Phi) is 5.80. The van der Waals surface area contributed by atoms with Crippen LogP contribution in [0.15, 0.2) is 66.7 Å². The SMILES string of the molecule is CCOc1ccc(-c2ccc(-c3ccc(OCC)c(OC)c3)cc2)cc1. The molecule has 3 nitrogen and oxygen atoms in total. The van der Waals surface area contributed by atoms with E-state index in [-0.39, 0.29) is 0 Å². The predicted octanol–water partition coefficient (Wildman–Crippen LogP) is 5.83. The average Bonchev–Trinajstić information content (AvgIpc) is 2.69. The second kappa shape index (κ2) is 8.43. The summed E-state index contributed by atoms with van der Waals surface area (Å²) in [5.41, 5.74) is 4.59. The van der Waals surface area contributed by atoms with Gasteiger partial charge in [0.2, 0.25) is 0 Å². The van der Waals surface area contributed by atoms with Gasteiger partial charge in [0.05, 0.1) is 20.3 Å². The zero-order chi connectivity index (χ0) is 18.4. The van der Waals surface area contributed by atoms with Crippen LogP contribution < -0.4 is 14.2 Å². The molecular weight excluding hydrogens is 324 g/mol. The normalized spacial score (nSPS) is 10.4. The lowest BCUT2D eigenvalue weighted by Crippen LogP contribution is -1.95. The molecule has 3 aromatic rings. The van der Waals surface area contributed by atoms with Crippen LogP contribution >= 0.6 is 0 Å². The van der Waals surface area contributed by atoms with E-state index >= 15 is 0 Å². The van der Waals surface area contributed by atoms with Crippen LogP contribution in [0.2, 0.25) is 0 Å². The highest BCUT2D eigenvalue weighted by atomic mass is 16.5. The van der Waals surface area contributed by atoms with Gasteiger partial charge in [0.1, 0.15) is 5.75 Å². The van der Waals surface area contributed by atoms with Gasteiger partial charge in [0.15, 0.2) is 11.5 Å². The molecule has 0 amide bonds. The molecule has 0 bridgehead atoms. The molecule has 0 aromatic heterocycles. The van der Waals surface area contributed by atoms with Crippen molar-refractivity contribution in [1.82, 2.24) is 0 Å². The summed E-state index contributed by atoms with van der Waals surface area (Å²) < 4.78 is 16.5. The average molecular weight is 348 g/mol. The number of rotatable bonds is 7. The Balaban J connectivity index is 1.83. The van der Waals surface area contributed by atoms with Gasteiger partial charge >= 0.3 is 0 Å². The van der Waals surface area contributed by atoms with E-state index in [1.54, 1.807) is 7.11 Å². The van der Waals surface area contributed by atoms with Crippen molar-refractivity contribution in [3.05, 3.63) is 66.7 Å². The van der Waals surface area contributed by atoms with E-state index < -0.39 is 0 Å². The van der Waals surface area contributed by atoms with Gasteiger partial charge in [0.25, 0.3) is 0 Å². The van der Waals surface area contributed by atoms with Gasteiger partial charge in [-0.3, -0.25) is 0 Å². The first kappa shape index (κ1) is 17.9. The number of hydrogen-bond acceptors (Lipinski definition) is 3. The van der Waals surface area contributed by atoms with Gasteiger partial charge in [-0.1, -0.05) is 42.5 Å². The van der Waals surface area contributed by atoms with E-state index in [1.807, 2.05) is 38.1 Å². The van der Waals surface area contributed by atoms with Gasteiger partial charge in [-0.05, 0) is 60.4 Å². The van der Waals surface area contributed by atoms with E-state index in [1.165, 1.54) is 11.1 Å². The van der Waals surface area contributed by atoms with Crippen molar-refractivity contribution in [2.45, 2.75) is 13.8 Å². The minimum atomic E-state index is 0.618. The van der Waals surface area contributed by atoms with Gasteiger partial charge in [-0.2, -0.15) is 0 Å². The predicted molar refractivity (Wildman–Crippen MR) is 106 cm³/mol.